The summed E-state index contributed by atoms with van der Waals surface area (Å²) in [5.41, 5.74) is 6.67. The maximum absolute atomic E-state index is 7.39. The number of aromatic nitrogens is 2. The molecule has 0 aliphatic rings. The first-order valence-electron chi connectivity index (χ1n) is 6.07. The van der Waals surface area contributed by atoms with Crippen LogP contribution in [0.15, 0.2) is 54.7 Å². The minimum absolute atomic E-state index is 0.0879. The molecule has 3 rings (SSSR count). The van der Waals surface area contributed by atoms with Crippen molar-refractivity contribution in [3.05, 3.63) is 60.4 Å². The van der Waals surface area contributed by atoms with Gasteiger partial charge in [-0.1, -0.05) is 12.1 Å². The highest BCUT2D eigenvalue weighted by Crippen LogP contribution is 2.27. The van der Waals surface area contributed by atoms with Crippen LogP contribution in [0, 0.1) is 5.41 Å². The van der Waals surface area contributed by atoms with Crippen molar-refractivity contribution >= 4 is 16.7 Å². The zero-order valence-corrected chi connectivity index (χ0v) is 10.6. The molecule has 0 aliphatic heterocycles. The Labute approximate surface area is 115 Å². The molecule has 1 aromatic carbocycles. The van der Waals surface area contributed by atoms with E-state index in [2.05, 4.69) is 9.97 Å². The zero-order chi connectivity index (χ0) is 13.9. The monoisotopic (exact) mass is 264 g/mol. The van der Waals surface area contributed by atoms with Crippen LogP contribution in [-0.2, 0) is 0 Å². The Kier molecular flexibility index (Phi) is 3.01. The Hall–Kier alpha value is -2.95. The predicted molar refractivity (Wildman–Crippen MR) is 77.1 cm³/mol. The van der Waals surface area contributed by atoms with Gasteiger partial charge in [-0.3, -0.25) is 10.4 Å². The van der Waals surface area contributed by atoms with Gasteiger partial charge in [0.2, 0.25) is 5.88 Å². The van der Waals surface area contributed by atoms with Crippen LogP contribution >= 0.6 is 0 Å². The standard InChI is InChI=1S/C15H12N4O/c16-15(17)12-6-2-8-14(19-12)20-13-7-1-5-11-10(13)4-3-9-18-11/h1-9H,(H3,16,17). The van der Waals surface area contributed by atoms with E-state index in [1.54, 1.807) is 24.4 Å². The minimum atomic E-state index is -0.0879. The third kappa shape index (κ3) is 2.29. The topological polar surface area (TPSA) is 84.9 Å². The van der Waals surface area contributed by atoms with Crippen LogP contribution in [0.1, 0.15) is 5.69 Å². The van der Waals surface area contributed by atoms with Gasteiger partial charge in [0.1, 0.15) is 17.3 Å². The maximum Gasteiger partial charge on any atom is 0.219 e. The minimum Gasteiger partial charge on any atom is -0.438 e. The zero-order valence-electron chi connectivity index (χ0n) is 10.6. The van der Waals surface area contributed by atoms with E-state index in [0.29, 0.717) is 17.3 Å². The van der Waals surface area contributed by atoms with Gasteiger partial charge in [-0.25, -0.2) is 4.98 Å². The van der Waals surface area contributed by atoms with Gasteiger partial charge in [0, 0.05) is 17.6 Å². The maximum atomic E-state index is 7.39. The van der Waals surface area contributed by atoms with Crippen molar-refractivity contribution in [1.29, 1.82) is 5.41 Å². The van der Waals surface area contributed by atoms with Gasteiger partial charge in [-0.15, -0.1) is 0 Å². The number of nitrogens with zero attached hydrogens (tertiary/aromatic N) is 2. The average Bonchev–Trinajstić information content (AvgIpc) is 2.48. The molecule has 0 radical (unpaired) electrons. The molecule has 0 fully saturated rings. The van der Waals surface area contributed by atoms with E-state index in [1.165, 1.54) is 0 Å². The lowest BCUT2D eigenvalue weighted by Gasteiger charge is -2.08. The fraction of sp³-hybridized carbons (Fsp3) is 0. The number of pyridine rings is 2. The first-order valence-corrected chi connectivity index (χ1v) is 6.07. The summed E-state index contributed by atoms with van der Waals surface area (Å²) in [6, 6.07) is 14.6. The summed E-state index contributed by atoms with van der Waals surface area (Å²) < 4.78 is 5.78. The molecule has 0 unspecified atom stereocenters. The van der Waals surface area contributed by atoms with E-state index in [9.17, 15) is 0 Å². The highest BCUT2D eigenvalue weighted by atomic mass is 16.5. The number of nitrogens with one attached hydrogen (secondary N) is 1. The van der Waals surface area contributed by atoms with Gasteiger partial charge in [0.15, 0.2) is 0 Å². The molecule has 0 amide bonds. The number of hydrogen-bond acceptors (Lipinski definition) is 4. The van der Waals surface area contributed by atoms with Gasteiger partial charge >= 0.3 is 0 Å². The molecular weight excluding hydrogens is 252 g/mol. The Morgan fingerprint density at radius 3 is 2.75 bits per heavy atom. The summed E-state index contributed by atoms with van der Waals surface area (Å²) in [4.78, 5) is 8.46. The van der Waals surface area contributed by atoms with Gasteiger partial charge in [-0.2, -0.15) is 0 Å². The molecule has 3 aromatic rings. The molecule has 0 aliphatic carbocycles. The summed E-state index contributed by atoms with van der Waals surface area (Å²) in [5, 5.41) is 8.30. The van der Waals surface area contributed by atoms with Crippen LogP contribution in [0.5, 0.6) is 11.6 Å². The second-order valence-electron chi connectivity index (χ2n) is 4.20. The third-order valence-corrected chi connectivity index (χ3v) is 2.82. The molecule has 20 heavy (non-hydrogen) atoms. The summed E-state index contributed by atoms with van der Waals surface area (Å²) >= 11 is 0. The normalized spacial score (nSPS) is 10.4. The van der Waals surface area contributed by atoms with Crippen LogP contribution in [0.3, 0.4) is 0 Å². The molecule has 5 nitrogen and oxygen atoms in total. The number of rotatable bonds is 3. The van der Waals surface area contributed by atoms with Gasteiger partial charge in [0.05, 0.1) is 5.52 Å². The Morgan fingerprint density at radius 1 is 1.05 bits per heavy atom. The smallest absolute Gasteiger partial charge is 0.219 e. The Balaban J connectivity index is 2.01. The third-order valence-electron chi connectivity index (χ3n) is 2.82. The van der Waals surface area contributed by atoms with Gasteiger partial charge in [-0.05, 0) is 30.3 Å². The highest BCUT2D eigenvalue weighted by molar-refractivity contribution is 5.93. The number of benzene rings is 1. The van der Waals surface area contributed by atoms with Gasteiger partial charge < -0.3 is 10.5 Å². The van der Waals surface area contributed by atoms with Gasteiger partial charge in [0.25, 0.3) is 0 Å². The van der Waals surface area contributed by atoms with E-state index in [1.807, 2.05) is 30.3 Å². The molecule has 98 valence electrons. The number of amidine groups is 1. The largest absolute Gasteiger partial charge is 0.438 e. The van der Waals surface area contributed by atoms with Crippen molar-refractivity contribution in [2.45, 2.75) is 0 Å². The lowest BCUT2D eigenvalue weighted by molar-refractivity contribution is 0.468. The molecule has 2 heterocycles. The highest BCUT2D eigenvalue weighted by Gasteiger charge is 2.06. The van der Waals surface area contributed by atoms with Crippen molar-refractivity contribution in [3.63, 3.8) is 0 Å². The summed E-state index contributed by atoms with van der Waals surface area (Å²) in [5.74, 6) is 0.980. The number of nitrogen functional groups attached to an aromatic ring is 1. The summed E-state index contributed by atoms with van der Waals surface area (Å²) in [6.45, 7) is 0. The first-order chi connectivity index (χ1) is 9.74. The molecule has 5 heteroatoms. The predicted octanol–water partition coefficient (Wildman–Crippen LogP) is 2.71. The Bertz CT molecular complexity index is 780. The molecule has 3 N–H and O–H groups in total. The molecule has 0 bridgehead atoms. The first kappa shape index (κ1) is 12.1. The van der Waals surface area contributed by atoms with Crippen LogP contribution < -0.4 is 10.5 Å². The molecular formula is C15H12N4O. The van der Waals surface area contributed by atoms with Crippen LogP contribution in [0.25, 0.3) is 10.9 Å². The van der Waals surface area contributed by atoms with Crippen molar-refractivity contribution in [1.82, 2.24) is 9.97 Å². The SMILES string of the molecule is N=C(N)c1cccc(Oc2cccc3ncccc23)n1. The van der Waals surface area contributed by atoms with E-state index in [0.717, 1.165) is 10.9 Å². The van der Waals surface area contributed by atoms with E-state index in [-0.39, 0.29) is 5.84 Å². The number of nitrogens with two attached hydrogens (primary N) is 1. The molecule has 0 saturated carbocycles. The van der Waals surface area contributed by atoms with E-state index < -0.39 is 0 Å². The fourth-order valence-corrected chi connectivity index (χ4v) is 1.90. The molecule has 0 atom stereocenters. The van der Waals surface area contributed by atoms with E-state index >= 15 is 0 Å². The van der Waals surface area contributed by atoms with Crippen LogP contribution in [0.4, 0.5) is 0 Å². The number of hydrogen-bond donors (Lipinski definition) is 2. The number of fused-ring (bicyclic) bond motifs is 1. The second-order valence-corrected chi connectivity index (χ2v) is 4.20. The Morgan fingerprint density at radius 2 is 1.90 bits per heavy atom. The molecule has 0 saturated heterocycles. The fourth-order valence-electron chi connectivity index (χ4n) is 1.90. The van der Waals surface area contributed by atoms with Crippen molar-refractivity contribution in [2.75, 3.05) is 0 Å². The lowest BCUT2D eigenvalue weighted by atomic mass is 10.2. The summed E-state index contributed by atoms with van der Waals surface area (Å²) in [7, 11) is 0. The van der Waals surface area contributed by atoms with E-state index in [4.69, 9.17) is 15.9 Å². The van der Waals surface area contributed by atoms with Crippen molar-refractivity contribution in [2.24, 2.45) is 5.73 Å². The van der Waals surface area contributed by atoms with Crippen molar-refractivity contribution < 1.29 is 4.74 Å². The van der Waals surface area contributed by atoms with Crippen molar-refractivity contribution in [3.8, 4) is 11.6 Å². The second kappa shape index (κ2) is 4.97. The summed E-state index contributed by atoms with van der Waals surface area (Å²) in [6.07, 6.45) is 1.74. The number of ether oxygens (including phenoxy) is 1. The van der Waals surface area contributed by atoms with Crippen LogP contribution in [-0.4, -0.2) is 15.8 Å². The average molecular weight is 264 g/mol. The molecule has 0 spiro atoms. The quantitative estimate of drug-likeness (QED) is 0.562. The molecule has 2 aromatic heterocycles. The lowest BCUT2D eigenvalue weighted by Crippen LogP contribution is -2.13. The van der Waals surface area contributed by atoms with Crippen LogP contribution in [0.2, 0.25) is 0 Å².